The predicted molar refractivity (Wildman–Crippen MR) is 99.9 cm³/mol. The number of amides is 2. The zero-order chi connectivity index (χ0) is 18.1. The van der Waals surface area contributed by atoms with Crippen molar-refractivity contribution in [3.05, 3.63) is 41.7 Å². The number of aromatic nitrogens is 2. The van der Waals surface area contributed by atoms with Gasteiger partial charge in [0.1, 0.15) is 0 Å². The monoisotopic (exact) mass is 375 g/mol. The molecule has 26 heavy (non-hydrogen) atoms. The van der Waals surface area contributed by atoms with Crippen LogP contribution in [0.4, 0.5) is 10.5 Å². The zero-order valence-corrected chi connectivity index (χ0v) is 15.4. The number of nitrogens with zero attached hydrogens (tertiary/aromatic N) is 4. The maximum atomic E-state index is 12.8. The van der Waals surface area contributed by atoms with Crippen molar-refractivity contribution in [3.63, 3.8) is 0 Å². The lowest BCUT2D eigenvalue weighted by molar-refractivity contribution is -0.0875. The largest absolute Gasteiger partial charge is 0.375 e. The molecule has 2 aliphatic rings. The van der Waals surface area contributed by atoms with E-state index in [0.29, 0.717) is 23.8 Å². The summed E-state index contributed by atoms with van der Waals surface area (Å²) in [4.78, 5) is 17.0. The van der Waals surface area contributed by atoms with E-state index in [4.69, 9.17) is 16.3 Å². The van der Waals surface area contributed by atoms with Crippen LogP contribution in [0.15, 0.2) is 36.7 Å². The lowest BCUT2D eigenvalue weighted by Gasteiger charge is -2.45. The summed E-state index contributed by atoms with van der Waals surface area (Å²) in [6.45, 7) is 3.02. The molecule has 1 aromatic carbocycles. The third-order valence-electron chi connectivity index (χ3n) is 5.10. The van der Waals surface area contributed by atoms with Gasteiger partial charge in [0.15, 0.2) is 0 Å². The second-order valence-corrected chi connectivity index (χ2v) is 7.17. The van der Waals surface area contributed by atoms with Crippen LogP contribution in [0.2, 0.25) is 5.02 Å². The Morgan fingerprint density at radius 3 is 3.08 bits per heavy atom. The molecule has 2 amide bonds. The second-order valence-electron chi connectivity index (χ2n) is 6.73. The molecule has 3 heterocycles. The van der Waals surface area contributed by atoms with Crippen molar-refractivity contribution in [2.75, 3.05) is 38.6 Å². The van der Waals surface area contributed by atoms with Crippen molar-refractivity contribution in [1.82, 2.24) is 19.6 Å². The highest BCUT2D eigenvalue weighted by Crippen LogP contribution is 2.26. The highest BCUT2D eigenvalue weighted by molar-refractivity contribution is 6.30. The van der Waals surface area contributed by atoms with Crippen LogP contribution in [0.1, 0.15) is 6.42 Å². The Balaban J connectivity index is 1.50. The summed E-state index contributed by atoms with van der Waals surface area (Å²) < 4.78 is 7.54. The number of ether oxygens (including phenoxy) is 1. The Morgan fingerprint density at radius 2 is 2.27 bits per heavy atom. The lowest BCUT2D eigenvalue weighted by atomic mass is 9.99. The standard InChI is InChI=1S/C18H22ClN5O2/c1-22-9-10-26-17-5-8-23(12-16(17)22)18(25)21-14-4-3-13(19)11-15(14)24-7-2-6-20-24/h2-4,6-7,11,16-17H,5,8-10,12H2,1H3,(H,21,25). The van der Waals surface area contributed by atoms with Gasteiger partial charge in [-0.3, -0.25) is 4.90 Å². The minimum absolute atomic E-state index is 0.113. The van der Waals surface area contributed by atoms with Crippen molar-refractivity contribution in [2.45, 2.75) is 18.6 Å². The first-order valence-corrected chi connectivity index (χ1v) is 9.17. The molecule has 4 rings (SSSR count). The number of anilines is 1. The summed E-state index contributed by atoms with van der Waals surface area (Å²) in [5, 5.41) is 7.85. The molecular weight excluding hydrogens is 354 g/mol. The topological polar surface area (TPSA) is 62.6 Å². The van der Waals surface area contributed by atoms with Gasteiger partial charge in [-0.15, -0.1) is 0 Å². The van der Waals surface area contributed by atoms with Crippen LogP contribution in [0.25, 0.3) is 5.69 Å². The van der Waals surface area contributed by atoms with Gasteiger partial charge in [-0.1, -0.05) is 11.6 Å². The molecule has 0 aliphatic carbocycles. The normalized spacial score (nSPS) is 23.5. The number of hydrogen-bond donors (Lipinski definition) is 1. The number of carbonyl (C=O) groups is 1. The molecule has 2 aromatic rings. The Bertz CT molecular complexity index is 782. The van der Waals surface area contributed by atoms with E-state index in [0.717, 1.165) is 25.3 Å². The third-order valence-corrected chi connectivity index (χ3v) is 5.34. The minimum Gasteiger partial charge on any atom is -0.375 e. The van der Waals surface area contributed by atoms with Crippen molar-refractivity contribution in [1.29, 1.82) is 0 Å². The van der Waals surface area contributed by atoms with Gasteiger partial charge in [0, 0.05) is 37.1 Å². The average molecular weight is 376 g/mol. The van der Waals surface area contributed by atoms with Crippen molar-refractivity contribution in [2.24, 2.45) is 0 Å². The molecule has 1 aromatic heterocycles. The van der Waals surface area contributed by atoms with Crippen LogP contribution in [-0.2, 0) is 4.74 Å². The second kappa shape index (κ2) is 7.26. The van der Waals surface area contributed by atoms with Crippen LogP contribution in [0, 0.1) is 0 Å². The number of carbonyl (C=O) groups excluding carboxylic acids is 1. The summed E-state index contributed by atoms with van der Waals surface area (Å²) in [7, 11) is 2.09. The molecule has 0 spiro atoms. The Hall–Kier alpha value is -2.09. The van der Waals surface area contributed by atoms with Crippen molar-refractivity contribution >= 4 is 23.3 Å². The number of piperidine rings is 1. The Morgan fingerprint density at radius 1 is 1.38 bits per heavy atom. The van der Waals surface area contributed by atoms with Crippen LogP contribution in [0.3, 0.4) is 0 Å². The van der Waals surface area contributed by atoms with Crippen LogP contribution >= 0.6 is 11.6 Å². The smallest absolute Gasteiger partial charge is 0.321 e. The molecule has 2 aliphatic heterocycles. The molecule has 7 nitrogen and oxygen atoms in total. The Labute approximate surface area is 157 Å². The van der Waals surface area contributed by atoms with Gasteiger partial charge in [-0.25, -0.2) is 9.48 Å². The first-order valence-electron chi connectivity index (χ1n) is 8.79. The highest BCUT2D eigenvalue weighted by atomic mass is 35.5. The van der Waals surface area contributed by atoms with E-state index in [1.54, 1.807) is 29.1 Å². The fraction of sp³-hybridized carbons (Fsp3) is 0.444. The summed E-state index contributed by atoms with van der Waals surface area (Å²) in [5.41, 5.74) is 1.42. The van der Waals surface area contributed by atoms with E-state index in [1.165, 1.54) is 0 Å². The maximum Gasteiger partial charge on any atom is 0.321 e. The fourth-order valence-corrected chi connectivity index (χ4v) is 3.80. The van der Waals surface area contributed by atoms with E-state index in [1.807, 2.05) is 17.2 Å². The van der Waals surface area contributed by atoms with Gasteiger partial charge in [0.25, 0.3) is 0 Å². The van der Waals surface area contributed by atoms with Crippen LogP contribution in [-0.4, -0.2) is 71.0 Å². The number of urea groups is 1. The van der Waals surface area contributed by atoms with Crippen molar-refractivity contribution < 1.29 is 9.53 Å². The van der Waals surface area contributed by atoms with E-state index in [-0.39, 0.29) is 18.2 Å². The molecule has 1 N–H and O–H groups in total. The number of nitrogens with one attached hydrogen (secondary N) is 1. The number of halogens is 1. The van der Waals surface area contributed by atoms with Crippen molar-refractivity contribution in [3.8, 4) is 5.69 Å². The molecule has 0 radical (unpaired) electrons. The molecule has 138 valence electrons. The van der Waals surface area contributed by atoms with E-state index in [2.05, 4.69) is 22.4 Å². The van der Waals surface area contributed by atoms with Crippen LogP contribution < -0.4 is 5.32 Å². The summed E-state index contributed by atoms with van der Waals surface area (Å²) in [6.07, 6.45) is 4.58. The average Bonchev–Trinajstić information content (AvgIpc) is 3.18. The van der Waals surface area contributed by atoms with Gasteiger partial charge in [-0.05, 0) is 37.7 Å². The fourth-order valence-electron chi connectivity index (χ4n) is 3.63. The van der Waals surface area contributed by atoms with Gasteiger partial charge in [0.2, 0.25) is 0 Å². The molecule has 2 unspecified atom stereocenters. The van der Waals surface area contributed by atoms with Gasteiger partial charge < -0.3 is 15.0 Å². The lowest BCUT2D eigenvalue weighted by Crippen LogP contribution is -2.60. The molecule has 0 bridgehead atoms. The number of benzene rings is 1. The van der Waals surface area contributed by atoms with E-state index < -0.39 is 0 Å². The van der Waals surface area contributed by atoms with Gasteiger partial charge in [0.05, 0.1) is 30.1 Å². The number of rotatable bonds is 2. The SMILES string of the molecule is CN1CCOC2CCN(C(=O)Nc3ccc(Cl)cc3-n3cccn3)CC21. The van der Waals surface area contributed by atoms with Crippen LogP contribution in [0.5, 0.6) is 0 Å². The quantitative estimate of drug-likeness (QED) is 0.875. The minimum atomic E-state index is -0.113. The number of morpholine rings is 1. The zero-order valence-electron chi connectivity index (χ0n) is 14.6. The highest BCUT2D eigenvalue weighted by Gasteiger charge is 2.37. The maximum absolute atomic E-state index is 12.8. The first-order chi connectivity index (χ1) is 12.6. The third kappa shape index (κ3) is 3.42. The number of fused-ring (bicyclic) bond motifs is 1. The van der Waals surface area contributed by atoms with Gasteiger partial charge in [-0.2, -0.15) is 5.10 Å². The molecular formula is C18H22ClN5O2. The van der Waals surface area contributed by atoms with E-state index in [9.17, 15) is 4.79 Å². The summed E-state index contributed by atoms with van der Waals surface area (Å²) in [5.74, 6) is 0. The first kappa shape index (κ1) is 17.3. The number of likely N-dealkylation sites (tertiary alicyclic amines) is 1. The van der Waals surface area contributed by atoms with Gasteiger partial charge >= 0.3 is 6.03 Å². The molecule has 2 fully saturated rings. The van der Waals surface area contributed by atoms with E-state index >= 15 is 0 Å². The number of likely N-dealkylation sites (N-methyl/N-ethyl adjacent to an activating group) is 1. The molecule has 0 saturated carbocycles. The summed E-state index contributed by atoms with van der Waals surface area (Å²) in [6, 6.07) is 7.33. The molecule has 2 saturated heterocycles. The summed E-state index contributed by atoms with van der Waals surface area (Å²) >= 11 is 6.13. The predicted octanol–water partition coefficient (Wildman–Crippen LogP) is 2.46. The Kier molecular flexibility index (Phi) is 4.84. The molecule has 8 heteroatoms. The number of hydrogen-bond acceptors (Lipinski definition) is 4. The molecule has 2 atom stereocenters.